The molecule has 1 aliphatic carbocycles. The first kappa shape index (κ1) is 15.5. The molecule has 3 nitrogen and oxygen atoms in total. The van der Waals surface area contributed by atoms with Crippen LogP contribution in [0.25, 0.3) is 0 Å². The third kappa shape index (κ3) is 4.27. The minimum Gasteiger partial charge on any atom is -0.393 e. The standard InChI is InChI=1S/C15H29NO2/c1-11(9-12(2)17)10-16-14(18)15(3,4)13-7-5-6-8-13/h11-13,17H,5-10H2,1-4H3,(H,16,18). The van der Waals surface area contributed by atoms with Gasteiger partial charge in [-0.25, -0.2) is 0 Å². The van der Waals surface area contributed by atoms with Crippen LogP contribution in [0, 0.1) is 17.3 Å². The number of carbonyl (C=O) groups is 1. The Morgan fingerprint density at radius 3 is 2.39 bits per heavy atom. The second-order valence-electron chi connectivity index (χ2n) is 6.60. The Labute approximate surface area is 111 Å². The first-order chi connectivity index (χ1) is 8.34. The molecule has 3 heteroatoms. The van der Waals surface area contributed by atoms with Gasteiger partial charge in [-0.2, -0.15) is 0 Å². The number of aliphatic hydroxyl groups excluding tert-OH is 1. The summed E-state index contributed by atoms with van der Waals surface area (Å²) in [5.41, 5.74) is -0.249. The van der Waals surface area contributed by atoms with Crippen molar-refractivity contribution in [1.29, 1.82) is 0 Å². The van der Waals surface area contributed by atoms with E-state index in [2.05, 4.69) is 26.1 Å². The summed E-state index contributed by atoms with van der Waals surface area (Å²) in [5.74, 6) is 1.03. The first-order valence-electron chi connectivity index (χ1n) is 7.30. The highest BCUT2D eigenvalue weighted by Crippen LogP contribution is 2.39. The fraction of sp³-hybridized carbons (Fsp3) is 0.933. The minimum atomic E-state index is -0.292. The molecule has 0 aromatic carbocycles. The van der Waals surface area contributed by atoms with Crippen LogP contribution < -0.4 is 5.32 Å². The lowest BCUT2D eigenvalue weighted by Gasteiger charge is -2.30. The number of hydrogen-bond donors (Lipinski definition) is 2. The van der Waals surface area contributed by atoms with E-state index in [9.17, 15) is 9.90 Å². The van der Waals surface area contributed by atoms with Crippen molar-refractivity contribution in [3.05, 3.63) is 0 Å². The molecule has 0 heterocycles. The fourth-order valence-electron chi connectivity index (χ4n) is 2.99. The SMILES string of the molecule is CC(O)CC(C)CNC(=O)C(C)(C)C1CCCC1. The molecule has 0 radical (unpaired) electrons. The average molecular weight is 255 g/mol. The van der Waals surface area contributed by atoms with Crippen molar-refractivity contribution in [2.24, 2.45) is 17.3 Å². The summed E-state index contributed by atoms with van der Waals surface area (Å²) in [5, 5.41) is 12.4. The Morgan fingerprint density at radius 2 is 1.89 bits per heavy atom. The molecule has 1 aliphatic rings. The van der Waals surface area contributed by atoms with Gasteiger partial charge in [0.25, 0.3) is 0 Å². The lowest BCUT2D eigenvalue weighted by molar-refractivity contribution is -0.132. The normalized spacial score (nSPS) is 20.7. The largest absolute Gasteiger partial charge is 0.393 e. The summed E-state index contributed by atoms with van der Waals surface area (Å²) in [6.07, 6.45) is 5.34. The number of hydrogen-bond acceptors (Lipinski definition) is 2. The van der Waals surface area contributed by atoms with Crippen molar-refractivity contribution in [1.82, 2.24) is 5.32 Å². The molecule has 0 aliphatic heterocycles. The third-order valence-corrected chi connectivity index (χ3v) is 4.32. The van der Waals surface area contributed by atoms with E-state index in [0.29, 0.717) is 18.4 Å². The van der Waals surface area contributed by atoms with Crippen LogP contribution >= 0.6 is 0 Å². The quantitative estimate of drug-likeness (QED) is 0.766. The molecular weight excluding hydrogens is 226 g/mol. The van der Waals surface area contributed by atoms with E-state index >= 15 is 0 Å². The summed E-state index contributed by atoms with van der Waals surface area (Å²) in [6.45, 7) is 8.66. The molecule has 0 aromatic heterocycles. The third-order valence-electron chi connectivity index (χ3n) is 4.32. The van der Waals surface area contributed by atoms with E-state index in [-0.39, 0.29) is 17.4 Å². The minimum absolute atomic E-state index is 0.173. The zero-order valence-electron chi connectivity index (χ0n) is 12.3. The van der Waals surface area contributed by atoms with Crippen molar-refractivity contribution < 1.29 is 9.90 Å². The maximum Gasteiger partial charge on any atom is 0.225 e. The first-order valence-corrected chi connectivity index (χ1v) is 7.30. The van der Waals surface area contributed by atoms with E-state index in [1.165, 1.54) is 25.7 Å². The van der Waals surface area contributed by atoms with Crippen LogP contribution in [0.5, 0.6) is 0 Å². The van der Waals surface area contributed by atoms with Gasteiger partial charge < -0.3 is 10.4 Å². The predicted molar refractivity (Wildman–Crippen MR) is 74.2 cm³/mol. The fourth-order valence-corrected chi connectivity index (χ4v) is 2.99. The van der Waals surface area contributed by atoms with Crippen LogP contribution in [0.3, 0.4) is 0 Å². The van der Waals surface area contributed by atoms with E-state index in [1.807, 2.05) is 0 Å². The van der Waals surface area contributed by atoms with E-state index < -0.39 is 0 Å². The van der Waals surface area contributed by atoms with Crippen molar-refractivity contribution >= 4 is 5.91 Å². The van der Waals surface area contributed by atoms with E-state index in [0.717, 1.165) is 6.42 Å². The van der Waals surface area contributed by atoms with Gasteiger partial charge in [-0.15, -0.1) is 0 Å². The molecule has 2 N–H and O–H groups in total. The van der Waals surface area contributed by atoms with Gasteiger partial charge in [0.15, 0.2) is 0 Å². The average Bonchev–Trinajstić information content (AvgIpc) is 2.78. The van der Waals surface area contributed by atoms with Gasteiger partial charge in [-0.1, -0.05) is 33.6 Å². The summed E-state index contributed by atoms with van der Waals surface area (Å²) < 4.78 is 0. The van der Waals surface area contributed by atoms with Gasteiger partial charge in [0, 0.05) is 12.0 Å². The van der Waals surface area contributed by atoms with Crippen LogP contribution in [0.15, 0.2) is 0 Å². The smallest absolute Gasteiger partial charge is 0.225 e. The van der Waals surface area contributed by atoms with Gasteiger partial charge >= 0.3 is 0 Å². The lowest BCUT2D eigenvalue weighted by Crippen LogP contribution is -2.42. The molecule has 1 amide bonds. The highest BCUT2D eigenvalue weighted by Gasteiger charge is 2.37. The van der Waals surface area contributed by atoms with Crippen molar-refractivity contribution in [2.75, 3.05) is 6.54 Å². The highest BCUT2D eigenvalue weighted by molar-refractivity contribution is 5.82. The summed E-state index contributed by atoms with van der Waals surface area (Å²) in [7, 11) is 0. The number of aliphatic hydroxyl groups is 1. The van der Waals surface area contributed by atoms with E-state index in [4.69, 9.17) is 0 Å². The molecule has 2 atom stereocenters. The van der Waals surface area contributed by atoms with Gasteiger partial charge in [-0.05, 0) is 38.0 Å². The van der Waals surface area contributed by atoms with Gasteiger partial charge in [0.05, 0.1) is 6.10 Å². The maximum atomic E-state index is 12.3. The topological polar surface area (TPSA) is 49.3 Å². The molecule has 0 bridgehead atoms. The second kappa shape index (κ2) is 6.55. The Balaban J connectivity index is 2.39. The summed E-state index contributed by atoms with van der Waals surface area (Å²) >= 11 is 0. The van der Waals surface area contributed by atoms with Crippen LogP contribution in [0.4, 0.5) is 0 Å². The van der Waals surface area contributed by atoms with Crippen molar-refractivity contribution in [3.8, 4) is 0 Å². The highest BCUT2D eigenvalue weighted by atomic mass is 16.3. The molecule has 1 fully saturated rings. The second-order valence-corrected chi connectivity index (χ2v) is 6.60. The molecule has 2 unspecified atom stereocenters. The summed E-state index contributed by atoms with van der Waals surface area (Å²) in [6, 6.07) is 0. The van der Waals surface area contributed by atoms with Crippen molar-refractivity contribution in [3.63, 3.8) is 0 Å². The van der Waals surface area contributed by atoms with E-state index in [1.54, 1.807) is 6.92 Å². The molecule has 0 spiro atoms. The molecule has 0 saturated heterocycles. The zero-order valence-corrected chi connectivity index (χ0v) is 12.3. The zero-order chi connectivity index (χ0) is 13.8. The van der Waals surface area contributed by atoms with Gasteiger partial charge in [0.1, 0.15) is 0 Å². The number of nitrogens with one attached hydrogen (secondary N) is 1. The van der Waals surface area contributed by atoms with Crippen LogP contribution in [0.2, 0.25) is 0 Å². The molecule has 106 valence electrons. The van der Waals surface area contributed by atoms with Gasteiger partial charge in [-0.3, -0.25) is 4.79 Å². The van der Waals surface area contributed by atoms with Gasteiger partial charge in [0.2, 0.25) is 5.91 Å². The molecule has 1 saturated carbocycles. The monoisotopic (exact) mass is 255 g/mol. The lowest BCUT2D eigenvalue weighted by atomic mass is 9.77. The Bertz CT molecular complexity index is 268. The number of carbonyl (C=O) groups excluding carboxylic acids is 1. The maximum absolute atomic E-state index is 12.3. The molecule has 1 rings (SSSR count). The Kier molecular flexibility index (Phi) is 5.64. The van der Waals surface area contributed by atoms with Crippen molar-refractivity contribution in [2.45, 2.75) is 65.9 Å². The predicted octanol–water partition coefficient (Wildman–Crippen LogP) is 2.73. The Hall–Kier alpha value is -0.570. The Morgan fingerprint density at radius 1 is 1.33 bits per heavy atom. The van der Waals surface area contributed by atoms with Crippen LogP contribution in [-0.2, 0) is 4.79 Å². The number of amides is 1. The summed E-state index contributed by atoms with van der Waals surface area (Å²) in [4.78, 5) is 12.3. The van der Waals surface area contributed by atoms with Crippen LogP contribution in [-0.4, -0.2) is 23.7 Å². The number of rotatable bonds is 6. The molecular formula is C15H29NO2. The van der Waals surface area contributed by atoms with Crippen LogP contribution in [0.1, 0.15) is 59.8 Å². The molecule has 18 heavy (non-hydrogen) atoms. The molecule has 0 aromatic rings.